The van der Waals surface area contributed by atoms with Gasteiger partial charge in [-0.25, -0.2) is 9.97 Å². The number of nitrogens with one attached hydrogen (secondary N) is 1. The molecule has 7 heteroatoms. The normalized spacial score (nSPS) is 24.1. The van der Waals surface area contributed by atoms with Crippen molar-refractivity contribution in [3.63, 3.8) is 0 Å². The van der Waals surface area contributed by atoms with Gasteiger partial charge in [0.1, 0.15) is 17.8 Å². The number of H-pyrrole nitrogens is 1. The van der Waals surface area contributed by atoms with Crippen molar-refractivity contribution in [3.8, 4) is 0 Å². The number of ether oxygens (including phenoxy) is 1. The zero-order valence-corrected chi connectivity index (χ0v) is 16.9. The first-order valence-electron chi connectivity index (χ1n) is 10.5. The van der Waals surface area contributed by atoms with Gasteiger partial charge in [0.15, 0.2) is 0 Å². The summed E-state index contributed by atoms with van der Waals surface area (Å²) in [6.07, 6.45) is 8.49. The Bertz CT molecular complexity index is 793. The second-order valence-corrected chi connectivity index (χ2v) is 8.21. The number of carbonyl (C=O) groups is 1. The van der Waals surface area contributed by atoms with Crippen molar-refractivity contribution < 1.29 is 9.53 Å². The molecule has 1 saturated carbocycles. The minimum Gasteiger partial charge on any atom is -0.381 e. The number of hydrogen-bond donors (Lipinski definition) is 1. The number of anilines is 1. The third kappa shape index (κ3) is 3.85. The van der Waals surface area contributed by atoms with Gasteiger partial charge in [0, 0.05) is 39.0 Å². The van der Waals surface area contributed by atoms with Gasteiger partial charge < -0.3 is 19.5 Å². The number of unbranched alkanes of at least 4 members (excludes halogenated alkanes) is 1. The third-order valence-electron chi connectivity index (χ3n) is 6.40. The number of rotatable bonds is 8. The summed E-state index contributed by atoms with van der Waals surface area (Å²) in [7, 11) is 2.14. The molecular weight excluding hydrogens is 354 g/mol. The number of aromatic amines is 1. The molecule has 0 unspecified atom stereocenters. The summed E-state index contributed by atoms with van der Waals surface area (Å²) < 4.78 is 5.56. The standard InChI is InChI=1S/C21H31N5O2/c1-3-4-8-28-9-6-19(27)26-12-15-10-17(11-16(15)13-26)25(2)21-18-5-7-22-20(18)23-14-24-21/h5,7,14-17H,3-4,6,8-13H2,1-2H3,(H,22,23,24)/t15-,16+,17-. The van der Waals surface area contributed by atoms with Crippen LogP contribution in [-0.2, 0) is 9.53 Å². The quantitative estimate of drug-likeness (QED) is 0.707. The highest BCUT2D eigenvalue weighted by Crippen LogP contribution is 2.41. The average Bonchev–Trinajstić information content (AvgIpc) is 3.40. The summed E-state index contributed by atoms with van der Waals surface area (Å²) in [5, 5.41) is 1.07. The first-order chi connectivity index (χ1) is 13.7. The number of likely N-dealkylation sites (tertiary alicyclic amines) is 1. The monoisotopic (exact) mass is 385 g/mol. The van der Waals surface area contributed by atoms with Crippen LogP contribution in [0.2, 0.25) is 0 Å². The van der Waals surface area contributed by atoms with Crippen molar-refractivity contribution in [2.24, 2.45) is 11.8 Å². The van der Waals surface area contributed by atoms with E-state index >= 15 is 0 Å². The molecule has 4 rings (SSSR count). The van der Waals surface area contributed by atoms with Crippen LogP contribution in [-0.4, -0.2) is 65.2 Å². The van der Waals surface area contributed by atoms with Gasteiger partial charge >= 0.3 is 0 Å². The Morgan fingerprint density at radius 1 is 1.29 bits per heavy atom. The molecule has 3 atom stereocenters. The molecule has 1 saturated heterocycles. The maximum atomic E-state index is 12.5. The maximum absolute atomic E-state index is 12.5. The third-order valence-corrected chi connectivity index (χ3v) is 6.40. The minimum absolute atomic E-state index is 0.251. The van der Waals surface area contributed by atoms with Gasteiger partial charge in [0.25, 0.3) is 0 Å². The first-order valence-corrected chi connectivity index (χ1v) is 10.5. The van der Waals surface area contributed by atoms with E-state index in [2.05, 4.69) is 38.7 Å². The molecule has 3 heterocycles. The van der Waals surface area contributed by atoms with Gasteiger partial charge in [-0.1, -0.05) is 13.3 Å². The predicted molar refractivity (Wildman–Crippen MR) is 109 cm³/mol. The Morgan fingerprint density at radius 2 is 2.07 bits per heavy atom. The lowest BCUT2D eigenvalue weighted by Gasteiger charge is -2.28. The summed E-state index contributed by atoms with van der Waals surface area (Å²) in [5.74, 6) is 2.44. The summed E-state index contributed by atoms with van der Waals surface area (Å²) in [6.45, 7) is 5.25. The number of hydrogen-bond acceptors (Lipinski definition) is 5. The Balaban J connectivity index is 1.29. The predicted octanol–water partition coefficient (Wildman–Crippen LogP) is 2.84. The molecular formula is C21H31N5O2. The van der Waals surface area contributed by atoms with E-state index in [4.69, 9.17) is 4.74 Å². The van der Waals surface area contributed by atoms with E-state index in [0.717, 1.165) is 62.2 Å². The van der Waals surface area contributed by atoms with Crippen molar-refractivity contribution in [1.29, 1.82) is 0 Å². The maximum Gasteiger partial charge on any atom is 0.224 e. The Kier molecular flexibility index (Phi) is 5.80. The van der Waals surface area contributed by atoms with Crippen molar-refractivity contribution in [2.45, 2.75) is 45.1 Å². The van der Waals surface area contributed by atoms with Crippen LogP contribution >= 0.6 is 0 Å². The van der Waals surface area contributed by atoms with Gasteiger partial charge in [0.2, 0.25) is 5.91 Å². The summed E-state index contributed by atoms with van der Waals surface area (Å²) >= 11 is 0. The second-order valence-electron chi connectivity index (χ2n) is 8.21. The van der Waals surface area contributed by atoms with Gasteiger partial charge in [-0.2, -0.15) is 0 Å². The first kappa shape index (κ1) is 19.2. The van der Waals surface area contributed by atoms with Crippen molar-refractivity contribution in [1.82, 2.24) is 19.9 Å². The summed E-state index contributed by atoms with van der Waals surface area (Å²) in [4.78, 5) is 28.8. The number of nitrogens with zero attached hydrogens (tertiary/aromatic N) is 4. The van der Waals surface area contributed by atoms with Crippen LogP contribution in [0.4, 0.5) is 5.82 Å². The molecule has 152 valence electrons. The van der Waals surface area contributed by atoms with Crippen LogP contribution in [0.3, 0.4) is 0 Å². The van der Waals surface area contributed by atoms with Crippen LogP contribution < -0.4 is 4.90 Å². The average molecular weight is 386 g/mol. The molecule has 1 amide bonds. The van der Waals surface area contributed by atoms with E-state index in [9.17, 15) is 4.79 Å². The number of fused-ring (bicyclic) bond motifs is 2. The molecule has 2 aromatic heterocycles. The van der Waals surface area contributed by atoms with Crippen LogP contribution in [0.25, 0.3) is 11.0 Å². The number of aromatic nitrogens is 3. The van der Waals surface area contributed by atoms with Gasteiger partial charge in [0.05, 0.1) is 18.4 Å². The Labute approximate surface area is 166 Å². The lowest BCUT2D eigenvalue weighted by Crippen LogP contribution is -2.34. The summed E-state index contributed by atoms with van der Waals surface area (Å²) in [5.41, 5.74) is 0.882. The fraction of sp³-hybridized carbons (Fsp3) is 0.667. The lowest BCUT2D eigenvalue weighted by molar-refractivity contribution is -0.131. The van der Waals surface area contributed by atoms with E-state index in [1.54, 1.807) is 6.33 Å². The number of amides is 1. The van der Waals surface area contributed by atoms with E-state index in [1.807, 2.05) is 12.3 Å². The molecule has 1 aliphatic carbocycles. The molecule has 7 nitrogen and oxygen atoms in total. The zero-order chi connectivity index (χ0) is 19.5. The smallest absolute Gasteiger partial charge is 0.224 e. The van der Waals surface area contributed by atoms with Crippen molar-refractivity contribution >= 4 is 22.8 Å². The topological polar surface area (TPSA) is 74.3 Å². The van der Waals surface area contributed by atoms with Gasteiger partial charge in [-0.15, -0.1) is 0 Å². The van der Waals surface area contributed by atoms with Crippen LogP contribution in [0.5, 0.6) is 0 Å². The highest BCUT2D eigenvalue weighted by atomic mass is 16.5. The van der Waals surface area contributed by atoms with Crippen molar-refractivity contribution in [3.05, 3.63) is 18.6 Å². The summed E-state index contributed by atoms with van der Waals surface area (Å²) in [6, 6.07) is 2.51. The molecule has 0 radical (unpaired) electrons. The molecule has 2 aromatic rings. The molecule has 0 bridgehead atoms. The van der Waals surface area contributed by atoms with E-state index in [1.165, 1.54) is 0 Å². The van der Waals surface area contributed by atoms with Crippen LogP contribution in [0.15, 0.2) is 18.6 Å². The van der Waals surface area contributed by atoms with E-state index < -0.39 is 0 Å². The minimum atomic E-state index is 0.251. The van der Waals surface area contributed by atoms with E-state index in [0.29, 0.717) is 30.9 Å². The highest BCUT2D eigenvalue weighted by molar-refractivity contribution is 5.87. The van der Waals surface area contributed by atoms with Crippen LogP contribution in [0.1, 0.15) is 39.0 Å². The van der Waals surface area contributed by atoms with Crippen molar-refractivity contribution in [2.75, 3.05) is 38.3 Å². The SMILES string of the molecule is CCCCOCCC(=O)N1C[C@H]2C[C@@H](N(C)c3ncnc4[nH]ccc34)C[C@H]2C1. The molecule has 1 N–H and O–H groups in total. The van der Waals surface area contributed by atoms with Gasteiger partial charge in [-0.05, 0) is 37.2 Å². The zero-order valence-electron chi connectivity index (χ0n) is 16.9. The fourth-order valence-corrected chi connectivity index (χ4v) is 4.77. The van der Waals surface area contributed by atoms with Crippen LogP contribution in [0, 0.1) is 11.8 Å². The molecule has 28 heavy (non-hydrogen) atoms. The Morgan fingerprint density at radius 3 is 2.82 bits per heavy atom. The molecule has 2 fully saturated rings. The number of carbonyl (C=O) groups excluding carboxylic acids is 1. The van der Waals surface area contributed by atoms with Gasteiger partial charge in [-0.3, -0.25) is 4.79 Å². The molecule has 0 spiro atoms. The largest absolute Gasteiger partial charge is 0.381 e. The lowest BCUT2D eigenvalue weighted by atomic mass is 10.0. The highest BCUT2D eigenvalue weighted by Gasteiger charge is 2.43. The Hall–Kier alpha value is -2.15. The molecule has 2 aliphatic rings. The fourth-order valence-electron chi connectivity index (χ4n) is 4.77. The molecule has 0 aromatic carbocycles. The van der Waals surface area contributed by atoms with E-state index in [-0.39, 0.29) is 5.91 Å². The second kappa shape index (κ2) is 8.47. The molecule has 1 aliphatic heterocycles.